The van der Waals surface area contributed by atoms with Crippen LogP contribution in [0.3, 0.4) is 0 Å². The Hall–Kier alpha value is -1.56. The molecule has 0 spiro atoms. The van der Waals surface area contributed by atoms with Gasteiger partial charge in [0.2, 0.25) is 0 Å². The van der Waals surface area contributed by atoms with E-state index in [-0.39, 0.29) is 5.56 Å². The number of hydrogen-bond acceptors (Lipinski definition) is 2. The van der Waals surface area contributed by atoms with Gasteiger partial charge in [-0.05, 0) is 31.5 Å². The predicted octanol–water partition coefficient (Wildman–Crippen LogP) is 2.93. The summed E-state index contributed by atoms with van der Waals surface area (Å²) >= 11 is 0. The Labute approximate surface area is 89.9 Å². The highest BCUT2D eigenvalue weighted by Gasteiger charge is 2.10. The summed E-state index contributed by atoms with van der Waals surface area (Å²) < 4.78 is 13.3. The first-order chi connectivity index (χ1) is 7.10. The SMILES string of the molecule is CCC(C)N(C)c1ccc(C#N)c(F)c1. The standard InChI is InChI=1S/C12H15FN2/c1-4-9(2)15(3)11-6-5-10(8-14)12(13)7-11/h5-7,9H,4H2,1-3H3. The summed E-state index contributed by atoms with van der Waals surface area (Å²) in [6, 6.07) is 6.87. The maximum Gasteiger partial charge on any atom is 0.143 e. The largest absolute Gasteiger partial charge is 0.372 e. The lowest BCUT2D eigenvalue weighted by Gasteiger charge is -2.26. The summed E-state index contributed by atoms with van der Waals surface area (Å²) in [5, 5.41) is 8.60. The van der Waals surface area contributed by atoms with Gasteiger partial charge in [-0.25, -0.2) is 4.39 Å². The van der Waals surface area contributed by atoms with Gasteiger partial charge in [-0.1, -0.05) is 6.92 Å². The highest BCUT2D eigenvalue weighted by Crippen LogP contribution is 2.19. The quantitative estimate of drug-likeness (QED) is 0.760. The second kappa shape index (κ2) is 4.79. The van der Waals surface area contributed by atoms with E-state index in [1.165, 1.54) is 12.1 Å². The van der Waals surface area contributed by atoms with Crippen LogP contribution in [-0.2, 0) is 0 Å². The van der Waals surface area contributed by atoms with Crippen LogP contribution in [0.15, 0.2) is 18.2 Å². The number of anilines is 1. The minimum Gasteiger partial charge on any atom is -0.372 e. The molecule has 3 heteroatoms. The average molecular weight is 206 g/mol. The number of halogens is 1. The molecule has 1 aromatic carbocycles. The van der Waals surface area contributed by atoms with Crippen LogP contribution in [0, 0.1) is 17.1 Å². The van der Waals surface area contributed by atoms with E-state index < -0.39 is 5.82 Å². The summed E-state index contributed by atoms with van der Waals surface area (Å²) in [5.74, 6) is -0.454. The zero-order chi connectivity index (χ0) is 11.4. The molecule has 15 heavy (non-hydrogen) atoms. The van der Waals surface area contributed by atoms with Crippen molar-refractivity contribution in [1.29, 1.82) is 5.26 Å². The van der Waals surface area contributed by atoms with Crippen molar-refractivity contribution in [2.45, 2.75) is 26.3 Å². The Balaban J connectivity index is 2.98. The first-order valence-corrected chi connectivity index (χ1v) is 5.02. The molecule has 0 amide bonds. The summed E-state index contributed by atoms with van der Waals surface area (Å²) in [6.45, 7) is 4.16. The fraction of sp³-hybridized carbons (Fsp3) is 0.417. The van der Waals surface area contributed by atoms with Gasteiger partial charge < -0.3 is 4.90 Å². The van der Waals surface area contributed by atoms with Crippen molar-refractivity contribution in [1.82, 2.24) is 0 Å². The van der Waals surface area contributed by atoms with E-state index in [4.69, 9.17) is 5.26 Å². The zero-order valence-corrected chi connectivity index (χ0v) is 9.29. The van der Waals surface area contributed by atoms with Crippen molar-refractivity contribution >= 4 is 5.69 Å². The second-order valence-corrected chi connectivity index (χ2v) is 3.64. The van der Waals surface area contributed by atoms with Crippen LogP contribution in [0.5, 0.6) is 0 Å². The fourth-order valence-electron chi connectivity index (χ4n) is 1.34. The molecule has 1 aromatic rings. The summed E-state index contributed by atoms with van der Waals surface area (Å²) in [7, 11) is 1.93. The number of benzene rings is 1. The van der Waals surface area contributed by atoms with Crippen LogP contribution >= 0.6 is 0 Å². The van der Waals surface area contributed by atoms with Gasteiger partial charge in [0, 0.05) is 18.8 Å². The molecular weight excluding hydrogens is 191 g/mol. The first kappa shape index (κ1) is 11.5. The van der Waals surface area contributed by atoms with Crippen molar-refractivity contribution in [2.75, 3.05) is 11.9 Å². The first-order valence-electron chi connectivity index (χ1n) is 5.02. The van der Waals surface area contributed by atoms with E-state index in [1.807, 2.05) is 18.0 Å². The molecule has 0 saturated heterocycles. The van der Waals surface area contributed by atoms with Crippen LogP contribution in [-0.4, -0.2) is 13.1 Å². The van der Waals surface area contributed by atoms with E-state index in [1.54, 1.807) is 6.07 Å². The molecule has 1 atom stereocenters. The average Bonchev–Trinajstić information content (AvgIpc) is 2.26. The van der Waals surface area contributed by atoms with Gasteiger partial charge >= 0.3 is 0 Å². The third-order valence-corrected chi connectivity index (χ3v) is 2.73. The minimum absolute atomic E-state index is 0.0938. The lowest BCUT2D eigenvalue weighted by Crippen LogP contribution is -2.27. The van der Waals surface area contributed by atoms with Crippen molar-refractivity contribution < 1.29 is 4.39 Å². The monoisotopic (exact) mass is 206 g/mol. The van der Waals surface area contributed by atoms with Gasteiger partial charge in [-0.2, -0.15) is 5.26 Å². The molecule has 1 rings (SSSR count). The minimum atomic E-state index is -0.454. The van der Waals surface area contributed by atoms with E-state index in [0.29, 0.717) is 6.04 Å². The molecule has 0 radical (unpaired) electrons. The Morgan fingerprint density at radius 1 is 1.53 bits per heavy atom. The molecule has 0 aliphatic heterocycles. The second-order valence-electron chi connectivity index (χ2n) is 3.64. The third-order valence-electron chi connectivity index (χ3n) is 2.73. The highest BCUT2D eigenvalue weighted by molar-refractivity contribution is 5.50. The number of hydrogen-bond donors (Lipinski definition) is 0. The molecule has 0 aliphatic rings. The molecular formula is C12H15FN2. The van der Waals surface area contributed by atoms with E-state index >= 15 is 0 Å². The zero-order valence-electron chi connectivity index (χ0n) is 9.29. The molecule has 0 aliphatic carbocycles. The topological polar surface area (TPSA) is 27.0 Å². The van der Waals surface area contributed by atoms with Gasteiger partial charge in [0.1, 0.15) is 11.9 Å². The van der Waals surface area contributed by atoms with Crippen molar-refractivity contribution in [3.63, 3.8) is 0 Å². The van der Waals surface area contributed by atoms with Gasteiger partial charge in [0.15, 0.2) is 0 Å². The normalized spacial score (nSPS) is 11.9. The smallest absolute Gasteiger partial charge is 0.143 e. The van der Waals surface area contributed by atoms with Crippen molar-refractivity contribution in [2.24, 2.45) is 0 Å². The summed E-state index contributed by atoms with van der Waals surface area (Å²) in [5.41, 5.74) is 0.900. The Bertz CT molecular complexity index is 382. The molecule has 80 valence electrons. The molecule has 0 bridgehead atoms. The molecule has 1 unspecified atom stereocenters. The van der Waals surface area contributed by atoms with Gasteiger partial charge in [-0.15, -0.1) is 0 Å². The molecule has 0 fully saturated rings. The highest BCUT2D eigenvalue weighted by atomic mass is 19.1. The summed E-state index contributed by atoms with van der Waals surface area (Å²) in [4.78, 5) is 2.00. The van der Waals surface area contributed by atoms with Gasteiger partial charge in [0.25, 0.3) is 0 Å². The third kappa shape index (κ3) is 2.47. The lowest BCUT2D eigenvalue weighted by molar-refractivity contribution is 0.618. The Morgan fingerprint density at radius 3 is 2.67 bits per heavy atom. The lowest BCUT2D eigenvalue weighted by atomic mass is 10.1. The fourth-order valence-corrected chi connectivity index (χ4v) is 1.34. The Kier molecular flexibility index (Phi) is 3.68. The van der Waals surface area contributed by atoms with Crippen LogP contribution < -0.4 is 4.90 Å². The van der Waals surface area contributed by atoms with E-state index in [9.17, 15) is 4.39 Å². The van der Waals surface area contributed by atoms with E-state index in [2.05, 4.69) is 13.8 Å². The Morgan fingerprint density at radius 2 is 2.20 bits per heavy atom. The number of nitrogens with zero attached hydrogens (tertiary/aromatic N) is 2. The summed E-state index contributed by atoms with van der Waals surface area (Å²) in [6.07, 6.45) is 0.998. The predicted molar refractivity (Wildman–Crippen MR) is 59.3 cm³/mol. The van der Waals surface area contributed by atoms with Gasteiger partial charge in [-0.3, -0.25) is 0 Å². The molecule has 0 saturated carbocycles. The number of rotatable bonds is 3. The molecule has 2 nitrogen and oxygen atoms in total. The van der Waals surface area contributed by atoms with E-state index in [0.717, 1.165) is 12.1 Å². The maximum absolute atomic E-state index is 13.3. The van der Waals surface area contributed by atoms with Gasteiger partial charge in [0.05, 0.1) is 5.56 Å². The van der Waals surface area contributed by atoms with Crippen LogP contribution in [0.25, 0.3) is 0 Å². The molecule has 0 aromatic heterocycles. The number of nitriles is 1. The molecule has 0 N–H and O–H groups in total. The molecule has 0 heterocycles. The van der Waals surface area contributed by atoms with Crippen LogP contribution in [0.2, 0.25) is 0 Å². The van der Waals surface area contributed by atoms with Crippen molar-refractivity contribution in [3.05, 3.63) is 29.6 Å². The van der Waals surface area contributed by atoms with Crippen molar-refractivity contribution in [3.8, 4) is 6.07 Å². The van der Waals surface area contributed by atoms with Crippen LogP contribution in [0.1, 0.15) is 25.8 Å². The maximum atomic E-state index is 13.3. The van der Waals surface area contributed by atoms with Crippen LogP contribution in [0.4, 0.5) is 10.1 Å².